The van der Waals surface area contributed by atoms with Gasteiger partial charge in [-0.05, 0) is 67.4 Å². The number of carbonyl (C=O) groups excluding carboxylic acids is 2. The molecule has 13 heteroatoms. The van der Waals surface area contributed by atoms with Crippen LogP contribution in [0.5, 0.6) is 11.6 Å². The number of fused-ring (bicyclic) bond motifs is 1. The van der Waals surface area contributed by atoms with E-state index in [9.17, 15) is 22.8 Å². The Kier molecular flexibility index (Phi) is 8.90. The largest absolute Gasteiger partial charge is 0.444 e. The van der Waals surface area contributed by atoms with Gasteiger partial charge in [0.2, 0.25) is 5.88 Å². The lowest BCUT2D eigenvalue weighted by atomic mass is 9.91. The molecule has 1 atom stereocenters. The third-order valence-corrected chi connectivity index (χ3v) is 7.35. The van der Waals surface area contributed by atoms with Gasteiger partial charge in [0.15, 0.2) is 0 Å². The lowest BCUT2D eigenvalue weighted by Crippen LogP contribution is -2.72. The van der Waals surface area contributed by atoms with E-state index in [-0.39, 0.29) is 41.7 Å². The van der Waals surface area contributed by atoms with Crippen LogP contribution in [0.1, 0.15) is 42.3 Å². The summed E-state index contributed by atoms with van der Waals surface area (Å²) in [6.07, 6.45) is -4.46. The van der Waals surface area contributed by atoms with Crippen molar-refractivity contribution in [2.24, 2.45) is 0 Å². The number of halogens is 4. The maximum absolute atomic E-state index is 14.1. The lowest BCUT2D eigenvalue weighted by molar-refractivity contribution is -0.138. The number of nitrogens with zero attached hydrogens (tertiary/aromatic N) is 3. The summed E-state index contributed by atoms with van der Waals surface area (Å²) in [6.45, 7) is 5.51. The number of alkyl halides is 3. The molecule has 0 aliphatic carbocycles. The van der Waals surface area contributed by atoms with E-state index < -0.39 is 35.0 Å². The van der Waals surface area contributed by atoms with Gasteiger partial charge in [-0.2, -0.15) is 13.2 Å². The van der Waals surface area contributed by atoms with Gasteiger partial charge >= 0.3 is 12.3 Å². The fourth-order valence-electron chi connectivity index (χ4n) is 5.25. The van der Waals surface area contributed by atoms with Crippen LogP contribution in [0.25, 0.3) is 10.8 Å². The number of hydrogen-bond donors (Lipinski definition) is 2. The average molecular weight is 642 g/mol. The van der Waals surface area contributed by atoms with E-state index in [1.165, 1.54) is 35.5 Å². The number of rotatable bonds is 6. The Hall–Kier alpha value is -4.42. The Morgan fingerprint density at radius 3 is 2.56 bits per heavy atom. The Morgan fingerprint density at radius 1 is 1.04 bits per heavy atom. The van der Waals surface area contributed by atoms with E-state index >= 15 is 0 Å². The molecular formula is C32H31ClF3N5O4. The summed E-state index contributed by atoms with van der Waals surface area (Å²) in [4.78, 5) is 36.8. The molecule has 9 nitrogen and oxygen atoms in total. The zero-order valence-corrected chi connectivity index (χ0v) is 25.5. The highest BCUT2D eigenvalue weighted by Gasteiger charge is 2.46. The first-order chi connectivity index (χ1) is 21.2. The second-order valence-corrected chi connectivity index (χ2v) is 12.0. The van der Waals surface area contributed by atoms with Crippen molar-refractivity contribution in [3.63, 3.8) is 0 Å². The van der Waals surface area contributed by atoms with Crippen molar-refractivity contribution in [3.8, 4) is 11.6 Å². The number of benzene rings is 3. The van der Waals surface area contributed by atoms with Crippen molar-refractivity contribution in [1.29, 1.82) is 0 Å². The lowest BCUT2D eigenvalue weighted by Gasteiger charge is -2.48. The molecule has 2 heterocycles. The van der Waals surface area contributed by atoms with Crippen molar-refractivity contribution in [2.45, 2.75) is 44.6 Å². The SMILES string of the molecule is CC(C)(C)OC(=O)N1CCNCC1(Cc1ccccc1C(F)(F)F)NC(=O)c1cccc2cc(Oc3cc(Cl)ncn3)ccc12. The van der Waals surface area contributed by atoms with Crippen LogP contribution in [-0.2, 0) is 17.3 Å². The number of nitrogens with one attached hydrogen (secondary N) is 2. The van der Waals surface area contributed by atoms with Crippen LogP contribution in [0, 0.1) is 0 Å². The number of hydrogen-bond acceptors (Lipinski definition) is 7. The van der Waals surface area contributed by atoms with Crippen molar-refractivity contribution < 1.29 is 32.2 Å². The van der Waals surface area contributed by atoms with E-state index in [4.69, 9.17) is 21.1 Å². The molecule has 0 saturated carbocycles. The van der Waals surface area contributed by atoms with Crippen LogP contribution < -0.4 is 15.4 Å². The number of ether oxygens (including phenoxy) is 2. The third-order valence-electron chi connectivity index (χ3n) is 7.14. The van der Waals surface area contributed by atoms with Gasteiger partial charge in [0.05, 0.1) is 5.56 Å². The molecule has 2 N–H and O–H groups in total. The maximum atomic E-state index is 14.1. The Morgan fingerprint density at radius 2 is 1.82 bits per heavy atom. The fraction of sp³-hybridized carbons (Fsp3) is 0.312. The van der Waals surface area contributed by atoms with Gasteiger partial charge in [-0.3, -0.25) is 9.69 Å². The molecule has 1 fully saturated rings. The smallest absolute Gasteiger partial charge is 0.416 e. The van der Waals surface area contributed by atoms with Gasteiger partial charge < -0.3 is 20.1 Å². The van der Waals surface area contributed by atoms with E-state index in [2.05, 4.69) is 20.6 Å². The van der Waals surface area contributed by atoms with E-state index in [1.54, 1.807) is 57.2 Å². The van der Waals surface area contributed by atoms with Gasteiger partial charge in [-0.25, -0.2) is 14.8 Å². The zero-order valence-electron chi connectivity index (χ0n) is 24.7. The van der Waals surface area contributed by atoms with Gasteiger partial charge in [-0.15, -0.1) is 0 Å². The summed E-state index contributed by atoms with van der Waals surface area (Å²) in [5.74, 6) is 0.0811. The van der Waals surface area contributed by atoms with Crippen molar-refractivity contribution >= 4 is 34.4 Å². The van der Waals surface area contributed by atoms with Crippen LogP contribution in [0.15, 0.2) is 73.1 Å². The Bertz CT molecular complexity index is 1730. The monoisotopic (exact) mass is 641 g/mol. The van der Waals surface area contributed by atoms with Crippen LogP contribution in [0.3, 0.4) is 0 Å². The van der Waals surface area contributed by atoms with Gasteiger partial charge in [0.1, 0.15) is 28.5 Å². The molecule has 1 saturated heterocycles. The molecule has 1 aliphatic heterocycles. The number of amides is 2. The van der Waals surface area contributed by atoms with E-state index in [0.717, 1.165) is 6.07 Å². The molecule has 45 heavy (non-hydrogen) atoms. The van der Waals surface area contributed by atoms with Crippen molar-refractivity contribution in [2.75, 3.05) is 19.6 Å². The van der Waals surface area contributed by atoms with Crippen LogP contribution in [0.4, 0.5) is 18.0 Å². The zero-order chi connectivity index (χ0) is 32.4. The first kappa shape index (κ1) is 32.0. The average Bonchev–Trinajstić information content (AvgIpc) is 2.95. The molecule has 1 aromatic heterocycles. The summed E-state index contributed by atoms with van der Waals surface area (Å²) in [6, 6.07) is 16.7. The summed E-state index contributed by atoms with van der Waals surface area (Å²) in [7, 11) is 0. The molecule has 1 unspecified atom stereocenters. The highest BCUT2D eigenvalue weighted by Crippen LogP contribution is 2.35. The first-order valence-electron chi connectivity index (χ1n) is 14.1. The predicted molar refractivity (Wildman–Crippen MR) is 162 cm³/mol. The number of piperazine rings is 1. The molecule has 5 rings (SSSR count). The first-order valence-corrected chi connectivity index (χ1v) is 14.5. The number of carbonyl (C=O) groups is 2. The molecule has 236 valence electrons. The highest BCUT2D eigenvalue weighted by atomic mass is 35.5. The predicted octanol–water partition coefficient (Wildman–Crippen LogP) is 6.60. The van der Waals surface area contributed by atoms with Crippen LogP contribution >= 0.6 is 11.6 Å². The van der Waals surface area contributed by atoms with Crippen LogP contribution in [0.2, 0.25) is 5.15 Å². The molecule has 2 amide bonds. The molecule has 1 aliphatic rings. The minimum absolute atomic E-state index is 0.0194. The van der Waals surface area contributed by atoms with E-state index in [0.29, 0.717) is 23.1 Å². The summed E-state index contributed by atoms with van der Waals surface area (Å²) < 4.78 is 53.6. The molecule has 4 aromatic rings. The molecule has 0 spiro atoms. The standard InChI is InChI=1S/C32H31ClF3N5O4/c1-30(2,3)45-29(43)41-14-13-37-18-31(41,17-21-7-4-5-10-25(21)32(34,35)36)40-28(42)24-9-6-8-20-15-22(11-12-23(20)24)44-27-16-26(33)38-19-39-27/h4-12,15-16,19,37H,13-14,17-18H2,1-3H3,(H,40,42). The fourth-order valence-corrected chi connectivity index (χ4v) is 5.39. The highest BCUT2D eigenvalue weighted by molar-refractivity contribution is 6.29. The second-order valence-electron chi connectivity index (χ2n) is 11.6. The minimum Gasteiger partial charge on any atom is -0.444 e. The van der Waals surface area contributed by atoms with Crippen molar-refractivity contribution in [1.82, 2.24) is 25.5 Å². The van der Waals surface area contributed by atoms with Crippen LogP contribution in [-0.4, -0.2) is 57.8 Å². The van der Waals surface area contributed by atoms with Gasteiger partial charge in [0, 0.05) is 37.7 Å². The Labute approximate surface area is 262 Å². The summed E-state index contributed by atoms with van der Waals surface area (Å²) in [5.41, 5.74) is -3.16. The van der Waals surface area contributed by atoms with E-state index in [1.807, 2.05) is 0 Å². The maximum Gasteiger partial charge on any atom is 0.416 e. The molecular weight excluding hydrogens is 611 g/mol. The van der Waals surface area contributed by atoms with Crippen molar-refractivity contribution in [3.05, 3.63) is 94.9 Å². The summed E-state index contributed by atoms with van der Waals surface area (Å²) >= 11 is 5.93. The number of aromatic nitrogens is 2. The normalized spacial score (nSPS) is 17.2. The van der Waals surface area contributed by atoms with Gasteiger partial charge in [0.25, 0.3) is 5.91 Å². The molecule has 3 aromatic carbocycles. The minimum atomic E-state index is -4.65. The quantitative estimate of drug-likeness (QED) is 0.229. The van der Waals surface area contributed by atoms with Gasteiger partial charge in [-0.1, -0.05) is 41.9 Å². The second kappa shape index (κ2) is 12.5. The molecule has 0 radical (unpaired) electrons. The summed E-state index contributed by atoms with van der Waals surface area (Å²) in [5, 5.41) is 7.51. The Balaban J connectivity index is 1.53. The topological polar surface area (TPSA) is 106 Å². The molecule has 0 bridgehead atoms. The third kappa shape index (κ3) is 7.46.